The molecular weight excluding hydrogens is 282 g/mol. The van der Waals surface area contributed by atoms with Crippen molar-refractivity contribution < 1.29 is 23.1 Å². The Hall–Kier alpha value is -1.60. The Morgan fingerprint density at radius 3 is 2.65 bits per heavy atom. The first-order valence-electron chi connectivity index (χ1n) is 6.47. The number of ether oxygens (including phenoxy) is 1. The second kappa shape index (κ2) is 5.80. The second-order valence-corrected chi connectivity index (χ2v) is 6.40. The fourth-order valence-corrected chi connectivity index (χ4v) is 2.95. The number of benzene rings is 1. The van der Waals surface area contributed by atoms with Gasteiger partial charge in [-0.2, -0.15) is 0 Å². The molecule has 1 aromatic rings. The molecule has 0 aromatic heterocycles. The van der Waals surface area contributed by atoms with E-state index in [0.29, 0.717) is 0 Å². The number of nitrogens with one attached hydrogen (secondary N) is 1. The Morgan fingerprint density at radius 2 is 2.15 bits per heavy atom. The van der Waals surface area contributed by atoms with E-state index in [2.05, 4.69) is 4.72 Å². The van der Waals surface area contributed by atoms with Gasteiger partial charge in [-0.25, -0.2) is 17.9 Å². The number of hydrogen-bond acceptors (Lipinski definition) is 4. The predicted molar refractivity (Wildman–Crippen MR) is 72.5 cm³/mol. The van der Waals surface area contributed by atoms with Crippen LogP contribution in [0.4, 0.5) is 0 Å². The van der Waals surface area contributed by atoms with Crippen LogP contribution in [0.15, 0.2) is 23.1 Å². The minimum atomic E-state index is -3.67. The first-order valence-corrected chi connectivity index (χ1v) is 7.96. The lowest BCUT2D eigenvalue weighted by molar-refractivity contribution is 0.0679. The second-order valence-electron chi connectivity index (χ2n) is 4.64. The number of carboxylic acids is 1. The molecule has 0 saturated heterocycles. The van der Waals surface area contributed by atoms with E-state index in [0.717, 1.165) is 25.3 Å². The molecule has 0 aliphatic heterocycles. The molecule has 0 heterocycles. The quantitative estimate of drug-likeness (QED) is 0.832. The van der Waals surface area contributed by atoms with Crippen LogP contribution in [-0.4, -0.2) is 32.1 Å². The number of sulfonamides is 1. The number of carboxylic acid groups (broad SMARTS) is 1. The van der Waals surface area contributed by atoms with Crippen LogP contribution in [-0.2, 0) is 10.0 Å². The Balaban J connectivity index is 2.34. The van der Waals surface area contributed by atoms with E-state index >= 15 is 0 Å². The summed E-state index contributed by atoms with van der Waals surface area (Å²) in [6.45, 7) is 1.90. The van der Waals surface area contributed by atoms with Crippen LogP contribution >= 0.6 is 0 Å². The molecule has 0 spiro atoms. The van der Waals surface area contributed by atoms with Crippen LogP contribution in [0.3, 0.4) is 0 Å². The minimum Gasteiger partial charge on any atom is -0.490 e. The van der Waals surface area contributed by atoms with Crippen LogP contribution in [0.25, 0.3) is 0 Å². The van der Waals surface area contributed by atoms with Gasteiger partial charge in [-0.3, -0.25) is 0 Å². The summed E-state index contributed by atoms with van der Waals surface area (Å²) in [5.74, 6) is -0.981. The molecule has 1 saturated carbocycles. The fourth-order valence-electron chi connectivity index (χ4n) is 1.89. The third-order valence-electron chi connectivity index (χ3n) is 3.17. The van der Waals surface area contributed by atoms with Crippen molar-refractivity contribution >= 4 is 16.0 Å². The van der Waals surface area contributed by atoms with Gasteiger partial charge >= 0.3 is 5.97 Å². The predicted octanol–water partition coefficient (Wildman–Crippen LogP) is 1.61. The normalized spacial score (nSPS) is 15.7. The topological polar surface area (TPSA) is 92.7 Å². The van der Waals surface area contributed by atoms with Gasteiger partial charge in [-0.05, 0) is 37.5 Å². The van der Waals surface area contributed by atoms with Crippen molar-refractivity contribution in [3.63, 3.8) is 0 Å². The molecule has 6 nitrogen and oxygen atoms in total. The molecule has 2 rings (SSSR count). The van der Waals surface area contributed by atoms with E-state index in [4.69, 9.17) is 4.74 Å². The van der Waals surface area contributed by atoms with Crippen molar-refractivity contribution in [1.29, 1.82) is 0 Å². The van der Waals surface area contributed by atoms with Gasteiger partial charge in [0, 0.05) is 6.54 Å². The largest absolute Gasteiger partial charge is 0.490 e. The molecular formula is C13H17NO5S. The van der Waals surface area contributed by atoms with Gasteiger partial charge in [0.1, 0.15) is 11.3 Å². The third kappa shape index (κ3) is 3.10. The summed E-state index contributed by atoms with van der Waals surface area (Å²) in [5, 5.41) is 9.19. The zero-order chi connectivity index (χ0) is 14.8. The summed E-state index contributed by atoms with van der Waals surface area (Å²) in [6, 6.07) is 3.90. The van der Waals surface area contributed by atoms with E-state index in [1.807, 2.05) is 0 Å². The van der Waals surface area contributed by atoms with Gasteiger partial charge in [0.2, 0.25) is 10.0 Å². The van der Waals surface area contributed by atoms with Crippen LogP contribution in [0.2, 0.25) is 0 Å². The van der Waals surface area contributed by atoms with E-state index in [1.165, 1.54) is 12.1 Å². The molecule has 20 heavy (non-hydrogen) atoms. The molecule has 1 aliphatic rings. The van der Waals surface area contributed by atoms with Crippen LogP contribution in [0, 0.1) is 0 Å². The molecule has 0 unspecified atom stereocenters. The number of hydrogen-bond donors (Lipinski definition) is 2. The monoisotopic (exact) mass is 299 g/mol. The highest BCUT2D eigenvalue weighted by atomic mass is 32.2. The van der Waals surface area contributed by atoms with Crippen molar-refractivity contribution in [2.75, 3.05) is 6.54 Å². The minimum absolute atomic E-state index is 0.0318. The van der Waals surface area contributed by atoms with Crippen molar-refractivity contribution in [2.24, 2.45) is 0 Å². The van der Waals surface area contributed by atoms with Gasteiger partial charge < -0.3 is 9.84 Å². The maximum atomic E-state index is 11.9. The lowest BCUT2D eigenvalue weighted by Gasteiger charge is -2.27. The highest BCUT2D eigenvalue weighted by Gasteiger charge is 2.24. The summed E-state index contributed by atoms with van der Waals surface area (Å²) in [7, 11) is -3.67. The Labute approximate surface area is 117 Å². The van der Waals surface area contributed by atoms with Crippen LogP contribution in [0.1, 0.15) is 36.5 Å². The fraction of sp³-hybridized carbons (Fsp3) is 0.462. The van der Waals surface area contributed by atoms with Gasteiger partial charge in [-0.15, -0.1) is 0 Å². The highest BCUT2D eigenvalue weighted by molar-refractivity contribution is 7.89. The van der Waals surface area contributed by atoms with Gasteiger partial charge in [-0.1, -0.05) is 6.92 Å². The molecule has 0 radical (unpaired) electrons. The van der Waals surface area contributed by atoms with E-state index in [9.17, 15) is 18.3 Å². The zero-order valence-electron chi connectivity index (χ0n) is 11.1. The summed E-state index contributed by atoms with van der Waals surface area (Å²) < 4.78 is 31.6. The lowest BCUT2D eigenvalue weighted by Crippen LogP contribution is -2.26. The summed E-state index contributed by atoms with van der Waals surface area (Å²) in [6.07, 6.45) is 2.90. The van der Waals surface area contributed by atoms with E-state index in [1.54, 1.807) is 6.92 Å². The molecule has 0 bridgehead atoms. The lowest BCUT2D eigenvalue weighted by atomic mass is 9.96. The number of aromatic carboxylic acids is 1. The van der Waals surface area contributed by atoms with Crippen LogP contribution in [0.5, 0.6) is 5.75 Å². The standard InChI is InChI=1S/C13H17NO5S/c1-2-14-20(17,18)10-6-7-12(11(8-10)13(15)16)19-9-4-3-5-9/h6-9,14H,2-5H2,1H3,(H,15,16). The van der Waals surface area contributed by atoms with Gasteiger partial charge in [0.15, 0.2) is 0 Å². The maximum absolute atomic E-state index is 11.9. The van der Waals surface area contributed by atoms with E-state index < -0.39 is 16.0 Å². The van der Waals surface area contributed by atoms with Crippen molar-refractivity contribution in [2.45, 2.75) is 37.2 Å². The highest BCUT2D eigenvalue weighted by Crippen LogP contribution is 2.29. The summed E-state index contributed by atoms with van der Waals surface area (Å²) in [4.78, 5) is 11.2. The van der Waals surface area contributed by atoms with E-state index in [-0.39, 0.29) is 28.9 Å². The first kappa shape index (κ1) is 14.8. The molecule has 0 atom stereocenters. The third-order valence-corrected chi connectivity index (χ3v) is 4.72. The summed E-state index contributed by atoms with van der Waals surface area (Å²) >= 11 is 0. The zero-order valence-corrected chi connectivity index (χ0v) is 11.9. The molecule has 1 fully saturated rings. The summed E-state index contributed by atoms with van der Waals surface area (Å²) in [5.41, 5.74) is -0.129. The Morgan fingerprint density at radius 1 is 1.45 bits per heavy atom. The smallest absolute Gasteiger partial charge is 0.339 e. The van der Waals surface area contributed by atoms with Gasteiger partial charge in [0.05, 0.1) is 11.0 Å². The van der Waals surface area contributed by atoms with Crippen molar-refractivity contribution in [3.8, 4) is 5.75 Å². The average molecular weight is 299 g/mol. The first-order chi connectivity index (χ1) is 9.44. The van der Waals surface area contributed by atoms with Gasteiger partial charge in [0.25, 0.3) is 0 Å². The molecule has 1 aromatic carbocycles. The maximum Gasteiger partial charge on any atom is 0.339 e. The van der Waals surface area contributed by atoms with Crippen molar-refractivity contribution in [1.82, 2.24) is 4.72 Å². The number of carbonyl (C=O) groups is 1. The Bertz CT molecular complexity index is 607. The molecule has 110 valence electrons. The number of rotatable bonds is 6. The molecule has 0 amide bonds. The molecule has 7 heteroatoms. The molecule has 1 aliphatic carbocycles. The van der Waals surface area contributed by atoms with Crippen molar-refractivity contribution in [3.05, 3.63) is 23.8 Å². The average Bonchev–Trinajstić information content (AvgIpc) is 2.33. The SMILES string of the molecule is CCNS(=O)(=O)c1ccc(OC2CCC2)c(C(=O)O)c1. The van der Waals surface area contributed by atoms with Crippen LogP contribution < -0.4 is 9.46 Å². The molecule has 2 N–H and O–H groups in total. The Kier molecular flexibility index (Phi) is 4.29.